The third kappa shape index (κ3) is 6.74. The van der Waals surface area contributed by atoms with Crippen LogP contribution in [0.25, 0.3) is 0 Å². The number of aryl methyl sites for hydroxylation is 2. The predicted octanol–water partition coefficient (Wildman–Crippen LogP) is 5.36. The molecule has 0 bridgehead atoms. The van der Waals surface area contributed by atoms with Gasteiger partial charge in [-0.05, 0) is 53.3 Å². The first-order chi connectivity index (χ1) is 17.6. The molecule has 3 N–H and O–H groups in total. The molecule has 4 aromatic carbocycles. The number of carbonyl (C=O) groups excluding carboxylic acids is 1. The molecular weight excluding hydrogens is 448 g/mol. The fourth-order valence-electron chi connectivity index (χ4n) is 4.18. The van der Waals surface area contributed by atoms with Crippen LogP contribution in [-0.2, 0) is 26.0 Å². The molecule has 5 heteroatoms. The van der Waals surface area contributed by atoms with Gasteiger partial charge in [-0.15, -0.1) is 0 Å². The molecule has 4 rings (SSSR count). The second kappa shape index (κ2) is 12.6. The number of benzene rings is 4. The van der Waals surface area contributed by atoms with Gasteiger partial charge in [-0.3, -0.25) is 4.79 Å². The first-order valence-electron chi connectivity index (χ1n) is 12.2. The molecular formula is C31H32N2O3. The number of aromatic hydroxyl groups is 1. The van der Waals surface area contributed by atoms with Crippen molar-refractivity contribution in [1.29, 1.82) is 0 Å². The van der Waals surface area contributed by atoms with Gasteiger partial charge >= 0.3 is 0 Å². The summed E-state index contributed by atoms with van der Waals surface area (Å²) >= 11 is 0. The molecule has 0 spiro atoms. The Balaban J connectivity index is 1.45. The van der Waals surface area contributed by atoms with Crippen LogP contribution in [0.15, 0.2) is 103 Å². The summed E-state index contributed by atoms with van der Waals surface area (Å²) in [7, 11) is 0. The van der Waals surface area contributed by atoms with E-state index in [0.717, 1.165) is 24.0 Å². The highest BCUT2D eigenvalue weighted by molar-refractivity contribution is 5.95. The van der Waals surface area contributed by atoms with Crippen molar-refractivity contribution in [3.8, 4) is 11.5 Å². The quantitative estimate of drug-likeness (QED) is 0.303. The Labute approximate surface area is 212 Å². The molecule has 0 aromatic heterocycles. The molecule has 0 fully saturated rings. The number of amides is 1. The molecule has 0 radical (unpaired) electrons. The summed E-state index contributed by atoms with van der Waals surface area (Å²) in [5.74, 6) is 0.1000. The summed E-state index contributed by atoms with van der Waals surface area (Å²) in [4.78, 5) is 15.1. The minimum absolute atomic E-state index is 0.0623. The van der Waals surface area contributed by atoms with E-state index in [4.69, 9.17) is 10.5 Å². The van der Waals surface area contributed by atoms with E-state index in [0.29, 0.717) is 37.6 Å². The summed E-state index contributed by atoms with van der Waals surface area (Å²) in [6, 6.07) is 33.1. The van der Waals surface area contributed by atoms with E-state index >= 15 is 0 Å². The van der Waals surface area contributed by atoms with Gasteiger partial charge in [0.05, 0.1) is 0 Å². The summed E-state index contributed by atoms with van der Waals surface area (Å²) < 4.78 is 5.75. The van der Waals surface area contributed by atoms with E-state index in [1.165, 1.54) is 17.2 Å². The average Bonchev–Trinajstić information content (AvgIpc) is 2.92. The molecule has 0 atom stereocenters. The van der Waals surface area contributed by atoms with Crippen LogP contribution in [0.4, 0.5) is 0 Å². The first-order valence-corrected chi connectivity index (χ1v) is 12.2. The molecule has 0 aliphatic heterocycles. The van der Waals surface area contributed by atoms with Crippen molar-refractivity contribution in [2.45, 2.75) is 26.0 Å². The van der Waals surface area contributed by atoms with Crippen molar-refractivity contribution in [2.24, 2.45) is 5.73 Å². The molecule has 0 unspecified atom stereocenters. The van der Waals surface area contributed by atoms with E-state index in [-0.39, 0.29) is 11.7 Å². The highest BCUT2D eigenvalue weighted by Gasteiger charge is 2.19. The molecule has 36 heavy (non-hydrogen) atoms. The number of nitrogens with two attached hydrogens (primary N) is 1. The van der Waals surface area contributed by atoms with Gasteiger partial charge in [-0.25, -0.2) is 0 Å². The van der Waals surface area contributed by atoms with Gasteiger partial charge in [0.25, 0.3) is 5.91 Å². The van der Waals surface area contributed by atoms with Crippen molar-refractivity contribution in [3.05, 3.63) is 131 Å². The number of phenols is 1. The molecule has 0 saturated carbocycles. The van der Waals surface area contributed by atoms with Crippen LogP contribution in [0.3, 0.4) is 0 Å². The number of phenolic OH excluding ortho intramolecular Hbond substituents is 1. The van der Waals surface area contributed by atoms with Crippen LogP contribution in [0, 0.1) is 0 Å². The largest absolute Gasteiger partial charge is 0.504 e. The van der Waals surface area contributed by atoms with E-state index in [1.807, 2.05) is 48.5 Å². The van der Waals surface area contributed by atoms with Gasteiger partial charge in [0.1, 0.15) is 6.61 Å². The molecule has 184 valence electrons. The van der Waals surface area contributed by atoms with Crippen LogP contribution in [0.2, 0.25) is 0 Å². The van der Waals surface area contributed by atoms with Crippen molar-refractivity contribution in [1.82, 2.24) is 4.90 Å². The lowest BCUT2D eigenvalue weighted by Crippen LogP contribution is -2.35. The number of ether oxygens (including phenoxy) is 1. The number of carbonyl (C=O) groups is 1. The summed E-state index contributed by atoms with van der Waals surface area (Å²) in [5.41, 5.74) is 10.8. The van der Waals surface area contributed by atoms with Crippen molar-refractivity contribution >= 4 is 5.91 Å². The fraction of sp³-hybridized carbons (Fsp3) is 0.194. The first kappa shape index (κ1) is 25.0. The van der Waals surface area contributed by atoms with Gasteiger partial charge in [0, 0.05) is 25.2 Å². The second-order valence-electron chi connectivity index (χ2n) is 8.73. The third-order valence-corrected chi connectivity index (χ3v) is 6.13. The maximum Gasteiger partial charge on any atom is 0.254 e. The van der Waals surface area contributed by atoms with Gasteiger partial charge in [0.2, 0.25) is 0 Å². The van der Waals surface area contributed by atoms with Crippen LogP contribution >= 0.6 is 0 Å². The minimum Gasteiger partial charge on any atom is -0.504 e. The standard InChI is InChI=1S/C31H32N2O3/c32-19-20-33(22-28-14-8-7-13-26(28)16-15-24-9-3-1-4-10-24)31(35)27-17-18-30(29(34)21-27)36-23-25-11-5-2-6-12-25/h1-14,17-18,21,34H,15-16,19-20,22-23,32H2. The molecule has 0 aliphatic carbocycles. The van der Waals surface area contributed by atoms with Crippen LogP contribution in [0.1, 0.15) is 32.6 Å². The molecule has 0 saturated heterocycles. The zero-order valence-corrected chi connectivity index (χ0v) is 20.3. The molecule has 0 heterocycles. The number of hydrogen-bond acceptors (Lipinski definition) is 4. The Morgan fingerprint density at radius 3 is 2.08 bits per heavy atom. The number of nitrogens with zero attached hydrogens (tertiary/aromatic N) is 1. The lowest BCUT2D eigenvalue weighted by molar-refractivity contribution is 0.0747. The monoisotopic (exact) mass is 480 g/mol. The van der Waals surface area contributed by atoms with Gasteiger partial charge in [-0.2, -0.15) is 0 Å². The Hall–Kier alpha value is -4.09. The molecule has 0 aliphatic rings. The highest BCUT2D eigenvalue weighted by Crippen LogP contribution is 2.28. The van der Waals surface area contributed by atoms with Crippen molar-refractivity contribution < 1.29 is 14.6 Å². The van der Waals surface area contributed by atoms with Crippen molar-refractivity contribution in [2.75, 3.05) is 13.1 Å². The smallest absolute Gasteiger partial charge is 0.254 e. The van der Waals surface area contributed by atoms with Crippen LogP contribution in [-0.4, -0.2) is 29.0 Å². The predicted molar refractivity (Wildman–Crippen MR) is 143 cm³/mol. The molecule has 4 aromatic rings. The minimum atomic E-state index is -0.178. The lowest BCUT2D eigenvalue weighted by Gasteiger charge is -2.24. The van der Waals surface area contributed by atoms with Crippen molar-refractivity contribution in [3.63, 3.8) is 0 Å². The lowest BCUT2D eigenvalue weighted by atomic mass is 9.99. The average molecular weight is 481 g/mol. The highest BCUT2D eigenvalue weighted by atomic mass is 16.5. The Morgan fingerprint density at radius 2 is 1.42 bits per heavy atom. The Morgan fingerprint density at radius 1 is 0.778 bits per heavy atom. The second-order valence-corrected chi connectivity index (χ2v) is 8.73. The van der Waals surface area contributed by atoms with Crippen LogP contribution < -0.4 is 10.5 Å². The fourth-order valence-corrected chi connectivity index (χ4v) is 4.18. The SMILES string of the molecule is NCCN(Cc1ccccc1CCc1ccccc1)C(=O)c1ccc(OCc2ccccc2)c(O)c1. The molecule has 5 nitrogen and oxygen atoms in total. The van der Waals surface area contributed by atoms with Gasteiger partial charge < -0.3 is 20.5 Å². The van der Waals surface area contributed by atoms with Gasteiger partial charge in [-0.1, -0.05) is 84.9 Å². The van der Waals surface area contributed by atoms with Crippen LogP contribution in [0.5, 0.6) is 11.5 Å². The maximum absolute atomic E-state index is 13.4. The topological polar surface area (TPSA) is 75.8 Å². The van der Waals surface area contributed by atoms with E-state index in [2.05, 4.69) is 36.4 Å². The van der Waals surface area contributed by atoms with Gasteiger partial charge in [0.15, 0.2) is 11.5 Å². The van der Waals surface area contributed by atoms with E-state index in [9.17, 15) is 9.90 Å². The molecule has 1 amide bonds. The Kier molecular flexibility index (Phi) is 8.73. The summed E-state index contributed by atoms with van der Waals surface area (Å²) in [6.45, 7) is 1.55. The van der Waals surface area contributed by atoms with E-state index in [1.54, 1.807) is 17.0 Å². The number of hydrogen-bond donors (Lipinski definition) is 2. The number of rotatable bonds is 11. The summed E-state index contributed by atoms with van der Waals surface area (Å²) in [5, 5.41) is 10.5. The Bertz CT molecular complexity index is 1260. The zero-order chi connectivity index (χ0) is 25.2. The normalized spacial score (nSPS) is 10.7. The maximum atomic E-state index is 13.4. The third-order valence-electron chi connectivity index (χ3n) is 6.13. The zero-order valence-electron chi connectivity index (χ0n) is 20.3. The summed E-state index contributed by atoms with van der Waals surface area (Å²) in [6.07, 6.45) is 1.82. The van der Waals surface area contributed by atoms with E-state index < -0.39 is 0 Å².